The minimum atomic E-state index is -3.58. The molecule has 0 aromatic heterocycles. The molecule has 3 aromatic carbocycles. The zero-order chi connectivity index (χ0) is 25.9. The van der Waals surface area contributed by atoms with E-state index >= 15 is 0 Å². The molecule has 1 amide bonds. The number of ether oxygens (including phenoxy) is 2. The molecule has 0 aliphatic carbocycles. The van der Waals surface area contributed by atoms with E-state index in [2.05, 4.69) is 0 Å². The summed E-state index contributed by atoms with van der Waals surface area (Å²) in [5, 5.41) is 0. The van der Waals surface area contributed by atoms with Gasteiger partial charge >= 0.3 is 0 Å². The summed E-state index contributed by atoms with van der Waals surface area (Å²) < 4.78 is 67.6. The maximum absolute atomic E-state index is 14.5. The maximum Gasteiger partial charge on any atom is 0.252 e. The van der Waals surface area contributed by atoms with Crippen LogP contribution in [0, 0.1) is 15.2 Å². The summed E-state index contributed by atoms with van der Waals surface area (Å²) in [6.07, 6.45) is -0.0764. The number of nitrogens with two attached hydrogens (primary N) is 1. The van der Waals surface area contributed by atoms with Crippen molar-refractivity contribution in [2.24, 2.45) is 5.73 Å². The second-order valence-electron chi connectivity index (χ2n) is 8.23. The fourth-order valence-electron chi connectivity index (χ4n) is 3.96. The summed E-state index contributed by atoms with van der Waals surface area (Å²) in [6, 6.07) is 13.0. The molecule has 4 rings (SSSR count). The molecule has 0 unspecified atom stereocenters. The average Bonchev–Trinajstić information content (AvgIpc) is 2.81. The number of primary amides is 1. The molecule has 0 radical (unpaired) electrons. The first-order valence-corrected chi connectivity index (χ1v) is 13.7. The van der Waals surface area contributed by atoms with Crippen molar-refractivity contribution in [3.05, 3.63) is 92.1 Å². The monoisotopic (exact) mass is 628 g/mol. The lowest BCUT2D eigenvalue weighted by molar-refractivity contribution is 0.0729. The number of carbonyl (C=O) groups excluding carboxylic acids is 1. The summed E-state index contributed by atoms with van der Waals surface area (Å²) in [5.74, 6) is -2.24. The molecule has 2 N–H and O–H groups in total. The summed E-state index contributed by atoms with van der Waals surface area (Å²) in [6.45, 7) is 1.25. The van der Waals surface area contributed by atoms with E-state index in [1.807, 2.05) is 22.6 Å². The molecule has 1 heterocycles. The smallest absolute Gasteiger partial charge is 0.252 e. The molecule has 3 aromatic rings. The Morgan fingerprint density at radius 3 is 2.50 bits per heavy atom. The van der Waals surface area contributed by atoms with Gasteiger partial charge in [0.05, 0.1) is 24.5 Å². The third kappa shape index (κ3) is 6.38. The van der Waals surface area contributed by atoms with E-state index in [1.165, 1.54) is 16.4 Å². The van der Waals surface area contributed by atoms with Crippen molar-refractivity contribution in [1.82, 2.24) is 4.31 Å². The number of amides is 1. The first-order chi connectivity index (χ1) is 17.1. The molecule has 36 heavy (non-hydrogen) atoms. The van der Waals surface area contributed by atoms with Crippen LogP contribution in [-0.4, -0.2) is 44.9 Å². The third-order valence-electron chi connectivity index (χ3n) is 5.63. The van der Waals surface area contributed by atoms with Crippen LogP contribution in [0.2, 0.25) is 0 Å². The van der Waals surface area contributed by atoms with Gasteiger partial charge in [0.15, 0.2) is 0 Å². The van der Waals surface area contributed by atoms with Crippen LogP contribution < -0.4 is 10.5 Å². The van der Waals surface area contributed by atoms with Gasteiger partial charge in [0.1, 0.15) is 23.1 Å². The van der Waals surface area contributed by atoms with E-state index in [0.29, 0.717) is 22.3 Å². The highest BCUT2D eigenvalue weighted by molar-refractivity contribution is 14.1. The SMILES string of the molecule is NC(=O)c1c(Cc2ccc(I)cc2F)cc(F)cc1Oc1cccc(CS(=O)(=O)N2CCOCC2)c1. The van der Waals surface area contributed by atoms with Crippen molar-refractivity contribution in [2.45, 2.75) is 12.2 Å². The Kier molecular flexibility index (Phi) is 8.23. The lowest BCUT2D eigenvalue weighted by Crippen LogP contribution is -2.41. The number of nitrogens with zero attached hydrogens (tertiary/aromatic N) is 1. The number of benzene rings is 3. The Morgan fingerprint density at radius 1 is 1.06 bits per heavy atom. The number of hydrogen-bond donors (Lipinski definition) is 1. The van der Waals surface area contributed by atoms with Crippen molar-refractivity contribution in [3.8, 4) is 11.5 Å². The molecule has 1 saturated heterocycles. The zero-order valence-corrected chi connectivity index (χ0v) is 22.0. The van der Waals surface area contributed by atoms with Crippen molar-refractivity contribution in [2.75, 3.05) is 26.3 Å². The summed E-state index contributed by atoms with van der Waals surface area (Å²) >= 11 is 1.98. The van der Waals surface area contributed by atoms with Crippen LogP contribution >= 0.6 is 22.6 Å². The van der Waals surface area contributed by atoms with Gasteiger partial charge in [0, 0.05) is 29.1 Å². The molecule has 0 bridgehead atoms. The van der Waals surface area contributed by atoms with Gasteiger partial charge in [0.2, 0.25) is 10.0 Å². The van der Waals surface area contributed by atoms with Gasteiger partial charge < -0.3 is 15.2 Å². The molecule has 1 aliphatic heterocycles. The zero-order valence-electron chi connectivity index (χ0n) is 19.0. The number of carbonyl (C=O) groups is 1. The lowest BCUT2D eigenvalue weighted by Gasteiger charge is -2.26. The molecule has 0 spiro atoms. The van der Waals surface area contributed by atoms with Crippen LogP contribution in [0.4, 0.5) is 8.78 Å². The Bertz CT molecular complexity index is 1400. The van der Waals surface area contributed by atoms with Gasteiger partial charge in [-0.25, -0.2) is 17.2 Å². The van der Waals surface area contributed by atoms with Crippen LogP contribution in [0.3, 0.4) is 0 Å². The molecular formula is C25H23F2IN2O5S. The fraction of sp³-hybridized carbons (Fsp3) is 0.240. The van der Waals surface area contributed by atoms with Crippen molar-refractivity contribution < 1.29 is 31.5 Å². The first-order valence-electron chi connectivity index (χ1n) is 11.0. The number of hydrogen-bond acceptors (Lipinski definition) is 5. The standard InChI is InChI=1S/C25H23F2IN2O5S/c26-19-12-18(11-17-4-5-20(28)14-22(17)27)24(25(29)31)23(13-19)35-21-3-1-2-16(10-21)15-36(32,33)30-6-8-34-9-7-30/h1-5,10,12-14H,6-9,11,15H2,(H2,29,31). The topological polar surface area (TPSA) is 98.9 Å². The fourth-order valence-corrected chi connectivity index (χ4v) is 5.90. The normalized spacial score (nSPS) is 14.5. The molecule has 1 aliphatic rings. The molecule has 0 saturated carbocycles. The molecule has 11 heteroatoms. The highest BCUT2D eigenvalue weighted by Crippen LogP contribution is 2.31. The van der Waals surface area contributed by atoms with Crippen molar-refractivity contribution in [3.63, 3.8) is 0 Å². The van der Waals surface area contributed by atoms with Gasteiger partial charge in [-0.15, -0.1) is 0 Å². The van der Waals surface area contributed by atoms with E-state index in [9.17, 15) is 22.0 Å². The van der Waals surface area contributed by atoms with Gasteiger partial charge in [-0.05, 0) is 69.6 Å². The quantitative estimate of drug-likeness (QED) is 0.377. The Balaban J connectivity index is 1.62. The van der Waals surface area contributed by atoms with Crippen LogP contribution in [0.15, 0.2) is 54.6 Å². The molecule has 1 fully saturated rings. The molecule has 190 valence electrons. The second-order valence-corrected chi connectivity index (χ2v) is 11.4. The van der Waals surface area contributed by atoms with Gasteiger partial charge in [-0.1, -0.05) is 18.2 Å². The maximum atomic E-state index is 14.5. The van der Waals surface area contributed by atoms with Gasteiger partial charge in [-0.3, -0.25) is 4.79 Å². The molecule has 7 nitrogen and oxygen atoms in total. The Morgan fingerprint density at radius 2 is 1.81 bits per heavy atom. The largest absolute Gasteiger partial charge is 0.456 e. The summed E-state index contributed by atoms with van der Waals surface area (Å²) in [4.78, 5) is 12.3. The number of rotatable bonds is 8. The van der Waals surface area contributed by atoms with E-state index in [-0.39, 0.29) is 53.5 Å². The van der Waals surface area contributed by atoms with Crippen LogP contribution in [0.5, 0.6) is 11.5 Å². The second kappa shape index (κ2) is 11.2. The predicted molar refractivity (Wildman–Crippen MR) is 138 cm³/mol. The van der Waals surface area contributed by atoms with Gasteiger partial charge in [-0.2, -0.15) is 4.31 Å². The highest BCUT2D eigenvalue weighted by atomic mass is 127. The number of halogens is 3. The first kappa shape index (κ1) is 26.5. The van der Waals surface area contributed by atoms with E-state index in [0.717, 1.165) is 12.1 Å². The number of morpholine rings is 1. The summed E-state index contributed by atoms with van der Waals surface area (Å²) in [5.41, 5.74) is 6.41. The molecular weight excluding hydrogens is 605 g/mol. The van der Waals surface area contributed by atoms with Gasteiger partial charge in [0.25, 0.3) is 5.91 Å². The minimum absolute atomic E-state index is 0.0764. The van der Waals surface area contributed by atoms with E-state index in [4.69, 9.17) is 15.2 Å². The van der Waals surface area contributed by atoms with E-state index < -0.39 is 27.6 Å². The number of sulfonamides is 1. The summed E-state index contributed by atoms with van der Waals surface area (Å²) in [7, 11) is -3.58. The Labute approximate surface area is 221 Å². The van der Waals surface area contributed by atoms with E-state index in [1.54, 1.807) is 30.3 Å². The van der Waals surface area contributed by atoms with Crippen LogP contribution in [0.25, 0.3) is 0 Å². The molecule has 0 atom stereocenters. The minimum Gasteiger partial charge on any atom is -0.456 e. The highest BCUT2D eigenvalue weighted by Gasteiger charge is 2.25. The average molecular weight is 628 g/mol. The van der Waals surface area contributed by atoms with Crippen LogP contribution in [0.1, 0.15) is 27.0 Å². The van der Waals surface area contributed by atoms with Crippen molar-refractivity contribution >= 4 is 38.5 Å². The Hall–Kier alpha value is -2.61. The van der Waals surface area contributed by atoms with Crippen molar-refractivity contribution in [1.29, 1.82) is 0 Å². The third-order valence-corrected chi connectivity index (χ3v) is 8.15. The lowest BCUT2D eigenvalue weighted by atomic mass is 9.98. The van der Waals surface area contributed by atoms with Crippen LogP contribution in [-0.2, 0) is 26.9 Å². The predicted octanol–water partition coefficient (Wildman–Crippen LogP) is 4.21.